The second-order valence-electron chi connectivity index (χ2n) is 4.01. The first-order valence-electron chi connectivity index (χ1n) is 5.50. The topological polar surface area (TPSA) is 27.7 Å². The van der Waals surface area contributed by atoms with Crippen LogP contribution in [0.25, 0.3) is 0 Å². The van der Waals surface area contributed by atoms with Crippen molar-refractivity contribution in [3.63, 3.8) is 0 Å². The fourth-order valence-corrected chi connectivity index (χ4v) is 2.60. The molecule has 3 nitrogen and oxygen atoms in total. The first kappa shape index (κ1) is 11.6. The maximum atomic E-state index is 5.43. The SMILES string of the molecule is COC(OC)(OC)C1CCc2ccccc21. The van der Waals surface area contributed by atoms with Gasteiger partial charge in [-0.2, -0.15) is 0 Å². The minimum atomic E-state index is -0.952. The smallest absolute Gasteiger partial charge is 0.289 e. The monoisotopic (exact) mass is 222 g/mol. The molecule has 88 valence electrons. The van der Waals surface area contributed by atoms with Gasteiger partial charge in [0.2, 0.25) is 0 Å². The van der Waals surface area contributed by atoms with E-state index in [1.807, 2.05) is 6.07 Å². The summed E-state index contributed by atoms with van der Waals surface area (Å²) in [6.07, 6.45) is 2.05. The van der Waals surface area contributed by atoms with Gasteiger partial charge in [0.05, 0.1) is 5.92 Å². The Hall–Kier alpha value is -0.900. The van der Waals surface area contributed by atoms with E-state index in [0.717, 1.165) is 12.8 Å². The van der Waals surface area contributed by atoms with Gasteiger partial charge in [0.1, 0.15) is 0 Å². The lowest BCUT2D eigenvalue weighted by atomic mass is 9.98. The van der Waals surface area contributed by atoms with Crippen LogP contribution >= 0.6 is 0 Å². The zero-order valence-corrected chi connectivity index (χ0v) is 10.0. The summed E-state index contributed by atoms with van der Waals surface area (Å²) >= 11 is 0. The Morgan fingerprint density at radius 3 is 2.31 bits per heavy atom. The fraction of sp³-hybridized carbons (Fsp3) is 0.538. The molecule has 3 heteroatoms. The Bertz CT molecular complexity index is 350. The quantitative estimate of drug-likeness (QED) is 0.732. The molecule has 16 heavy (non-hydrogen) atoms. The Kier molecular flexibility index (Phi) is 3.28. The maximum Gasteiger partial charge on any atom is 0.289 e. The van der Waals surface area contributed by atoms with Gasteiger partial charge in [-0.05, 0) is 24.0 Å². The van der Waals surface area contributed by atoms with Crippen LogP contribution in [-0.2, 0) is 20.6 Å². The van der Waals surface area contributed by atoms with Gasteiger partial charge in [0, 0.05) is 21.3 Å². The summed E-state index contributed by atoms with van der Waals surface area (Å²) < 4.78 is 16.3. The molecule has 0 saturated heterocycles. The van der Waals surface area contributed by atoms with E-state index in [1.54, 1.807) is 21.3 Å². The summed E-state index contributed by atoms with van der Waals surface area (Å²) in [5, 5.41) is 0. The second-order valence-corrected chi connectivity index (χ2v) is 4.01. The maximum absolute atomic E-state index is 5.43. The fourth-order valence-electron chi connectivity index (χ4n) is 2.60. The molecule has 0 spiro atoms. The average Bonchev–Trinajstić information content (AvgIpc) is 2.77. The number of hydrogen-bond acceptors (Lipinski definition) is 3. The van der Waals surface area contributed by atoms with Crippen LogP contribution in [-0.4, -0.2) is 27.3 Å². The summed E-state index contributed by atoms with van der Waals surface area (Å²) in [4.78, 5) is 0. The highest BCUT2D eigenvalue weighted by Crippen LogP contribution is 2.42. The minimum Gasteiger partial charge on any atom is -0.330 e. The highest BCUT2D eigenvalue weighted by Gasteiger charge is 2.44. The Balaban J connectivity index is 2.36. The normalized spacial score (nSPS) is 19.8. The van der Waals surface area contributed by atoms with Crippen LogP contribution in [0.1, 0.15) is 23.5 Å². The van der Waals surface area contributed by atoms with E-state index < -0.39 is 5.97 Å². The van der Waals surface area contributed by atoms with Gasteiger partial charge in [0.15, 0.2) is 0 Å². The van der Waals surface area contributed by atoms with E-state index in [0.29, 0.717) is 0 Å². The third-order valence-corrected chi connectivity index (χ3v) is 3.41. The lowest BCUT2D eigenvalue weighted by molar-refractivity contribution is -0.364. The van der Waals surface area contributed by atoms with Crippen LogP contribution in [0.2, 0.25) is 0 Å². The molecule has 0 amide bonds. The van der Waals surface area contributed by atoms with Crippen molar-refractivity contribution in [2.75, 3.05) is 21.3 Å². The molecule has 0 fully saturated rings. The van der Waals surface area contributed by atoms with Gasteiger partial charge in [-0.15, -0.1) is 0 Å². The largest absolute Gasteiger partial charge is 0.330 e. The summed E-state index contributed by atoms with van der Waals surface area (Å²) in [5.74, 6) is -0.809. The van der Waals surface area contributed by atoms with Crippen molar-refractivity contribution >= 4 is 0 Å². The van der Waals surface area contributed by atoms with E-state index in [1.165, 1.54) is 11.1 Å². The van der Waals surface area contributed by atoms with E-state index >= 15 is 0 Å². The number of methoxy groups -OCH3 is 3. The molecule has 1 unspecified atom stereocenters. The molecule has 0 bridgehead atoms. The van der Waals surface area contributed by atoms with Gasteiger partial charge in [-0.3, -0.25) is 0 Å². The molecule has 0 N–H and O–H groups in total. The molecule has 0 aliphatic heterocycles. The predicted octanol–water partition coefficient (Wildman–Crippen LogP) is 2.31. The standard InChI is InChI=1S/C13H18O3/c1-14-13(15-2,16-3)12-9-8-10-6-4-5-7-11(10)12/h4-7,12H,8-9H2,1-3H3. The zero-order chi connectivity index (χ0) is 11.6. The van der Waals surface area contributed by atoms with E-state index in [2.05, 4.69) is 18.2 Å². The molecule has 0 saturated carbocycles. The molecule has 1 atom stereocenters. The number of rotatable bonds is 4. The number of fused-ring (bicyclic) bond motifs is 1. The molecule has 1 aliphatic rings. The molecular weight excluding hydrogens is 204 g/mol. The average molecular weight is 222 g/mol. The van der Waals surface area contributed by atoms with Gasteiger partial charge >= 0.3 is 0 Å². The first-order valence-corrected chi connectivity index (χ1v) is 5.50. The summed E-state index contributed by atoms with van der Waals surface area (Å²) in [6, 6.07) is 8.39. The molecule has 1 aromatic carbocycles. The molecular formula is C13H18O3. The van der Waals surface area contributed by atoms with Crippen LogP contribution in [0, 0.1) is 0 Å². The molecule has 0 heterocycles. The molecule has 2 rings (SSSR count). The summed E-state index contributed by atoms with van der Waals surface area (Å²) in [7, 11) is 4.86. The number of hydrogen-bond donors (Lipinski definition) is 0. The van der Waals surface area contributed by atoms with Gasteiger partial charge in [-0.25, -0.2) is 0 Å². The Labute approximate surface area is 96.3 Å². The Morgan fingerprint density at radius 2 is 1.69 bits per heavy atom. The first-order chi connectivity index (χ1) is 7.77. The van der Waals surface area contributed by atoms with E-state index in [9.17, 15) is 0 Å². The lowest BCUT2D eigenvalue weighted by Crippen LogP contribution is -2.41. The van der Waals surface area contributed by atoms with Crippen molar-refractivity contribution in [1.29, 1.82) is 0 Å². The van der Waals surface area contributed by atoms with Crippen molar-refractivity contribution in [2.24, 2.45) is 0 Å². The van der Waals surface area contributed by atoms with Gasteiger partial charge in [-0.1, -0.05) is 24.3 Å². The highest BCUT2D eigenvalue weighted by atomic mass is 16.9. The van der Waals surface area contributed by atoms with Crippen LogP contribution in [0.5, 0.6) is 0 Å². The van der Waals surface area contributed by atoms with Gasteiger partial charge in [0.25, 0.3) is 5.97 Å². The predicted molar refractivity (Wildman–Crippen MR) is 61.3 cm³/mol. The van der Waals surface area contributed by atoms with Crippen molar-refractivity contribution < 1.29 is 14.2 Å². The van der Waals surface area contributed by atoms with Crippen LogP contribution in [0.4, 0.5) is 0 Å². The van der Waals surface area contributed by atoms with Crippen molar-refractivity contribution in [2.45, 2.75) is 24.7 Å². The molecule has 1 aromatic rings. The van der Waals surface area contributed by atoms with E-state index in [4.69, 9.17) is 14.2 Å². The Morgan fingerprint density at radius 1 is 1.06 bits per heavy atom. The van der Waals surface area contributed by atoms with Gasteiger partial charge < -0.3 is 14.2 Å². The number of aryl methyl sites for hydroxylation is 1. The second kappa shape index (κ2) is 4.53. The van der Waals surface area contributed by atoms with Crippen molar-refractivity contribution in [3.05, 3.63) is 35.4 Å². The number of ether oxygens (including phenoxy) is 3. The lowest BCUT2D eigenvalue weighted by Gasteiger charge is -2.34. The van der Waals surface area contributed by atoms with E-state index in [-0.39, 0.29) is 5.92 Å². The van der Waals surface area contributed by atoms with Crippen molar-refractivity contribution in [3.8, 4) is 0 Å². The molecule has 0 radical (unpaired) electrons. The van der Waals surface area contributed by atoms with Crippen molar-refractivity contribution in [1.82, 2.24) is 0 Å². The summed E-state index contributed by atoms with van der Waals surface area (Å²) in [5.41, 5.74) is 2.64. The van der Waals surface area contributed by atoms with Crippen LogP contribution in [0.3, 0.4) is 0 Å². The molecule has 1 aliphatic carbocycles. The van der Waals surface area contributed by atoms with Crippen LogP contribution < -0.4 is 0 Å². The summed E-state index contributed by atoms with van der Waals surface area (Å²) in [6.45, 7) is 0. The third kappa shape index (κ3) is 1.65. The highest BCUT2D eigenvalue weighted by molar-refractivity contribution is 5.35. The zero-order valence-electron chi connectivity index (χ0n) is 10.0. The molecule has 0 aromatic heterocycles. The minimum absolute atomic E-state index is 0.142. The van der Waals surface area contributed by atoms with Crippen LogP contribution in [0.15, 0.2) is 24.3 Å². The number of benzene rings is 1. The third-order valence-electron chi connectivity index (χ3n) is 3.41.